The second kappa shape index (κ2) is 9.84. The lowest BCUT2D eigenvalue weighted by atomic mass is 10.2. The molecule has 2 aromatic carbocycles. The summed E-state index contributed by atoms with van der Waals surface area (Å²) in [6.07, 6.45) is 5.39. The molecule has 0 fully saturated rings. The molecule has 3 aromatic rings. The van der Waals surface area contributed by atoms with Gasteiger partial charge in [-0.3, -0.25) is 9.71 Å². The Bertz CT molecular complexity index is 1030. The van der Waals surface area contributed by atoms with Crippen molar-refractivity contribution in [3.63, 3.8) is 0 Å². The lowest BCUT2D eigenvalue weighted by Crippen LogP contribution is -2.13. The summed E-state index contributed by atoms with van der Waals surface area (Å²) in [4.78, 5) is 8.52. The van der Waals surface area contributed by atoms with E-state index in [9.17, 15) is 8.42 Å². The second-order valence-electron chi connectivity index (χ2n) is 6.34. The van der Waals surface area contributed by atoms with Gasteiger partial charge in [0.15, 0.2) is 0 Å². The Labute approximate surface area is 171 Å². The van der Waals surface area contributed by atoms with Gasteiger partial charge in [0.2, 0.25) is 0 Å². The fourth-order valence-electron chi connectivity index (χ4n) is 2.46. The summed E-state index contributed by atoms with van der Waals surface area (Å²) in [7, 11) is -3.69. The first kappa shape index (κ1) is 20.5. The minimum atomic E-state index is -3.69. The van der Waals surface area contributed by atoms with Crippen LogP contribution in [0.25, 0.3) is 0 Å². The normalized spacial score (nSPS) is 11.5. The highest BCUT2D eigenvalue weighted by molar-refractivity contribution is 7.92. The third-order valence-electron chi connectivity index (χ3n) is 4.06. The number of sulfonamides is 1. The highest BCUT2D eigenvalue weighted by atomic mass is 32.2. The van der Waals surface area contributed by atoms with Crippen molar-refractivity contribution >= 4 is 27.7 Å². The molecule has 1 N–H and O–H groups in total. The predicted molar refractivity (Wildman–Crippen MR) is 116 cm³/mol. The Balaban J connectivity index is 1.62. The second-order valence-corrected chi connectivity index (χ2v) is 8.03. The molecule has 0 bridgehead atoms. The number of nitrogens with zero attached hydrogens (tertiary/aromatic N) is 2. The Morgan fingerprint density at radius 3 is 2.45 bits per heavy atom. The zero-order valence-corrected chi connectivity index (χ0v) is 17.0. The van der Waals surface area contributed by atoms with Gasteiger partial charge in [0.1, 0.15) is 11.6 Å². The third kappa shape index (κ3) is 6.15. The van der Waals surface area contributed by atoms with Crippen LogP contribution in [0.2, 0.25) is 0 Å². The third-order valence-corrected chi connectivity index (χ3v) is 5.43. The van der Waals surface area contributed by atoms with Gasteiger partial charge in [-0.25, -0.2) is 13.4 Å². The number of aliphatic imine (C=N–C) groups is 1. The SMILES string of the molecule is CCCCOc1ccc(C=Nc2ccc(S(=O)(=O)Nc3ccccn3)cc2)cc1. The van der Waals surface area contributed by atoms with Crippen molar-refractivity contribution in [2.75, 3.05) is 11.3 Å². The molecule has 29 heavy (non-hydrogen) atoms. The Morgan fingerprint density at radius 2 is 1.79 bits per heavy atom. The molecule has 0 aliphatic carbocycles. The maximum atomic E-state index is 12.4. The standard InChI is InChI=1S/C22H23N3O3S/c1-2-3-16-28-20-11-7-18(8-12-20)17-24-19-9-13-21(14-10-19)29(26,27)25-22-6-4-5-15-23-22/h4-15,17H,2-3,16H2,1H3,(H,23,25). The lowest BCUT2D eigenvalue weighted by Gasteiger charge is -2.07. The molecule has 0 aliphatic rings. The van der Waals surface area contributed by atoms with E-state index in [1.807, 2.05) is 24.3 Å². The predicted octanol–water partition coefficient (Wildman–Crippen LogP) is 4.81. The minimum absolute atomic E-state index is 0.149. The van der Waals surface area contributed by atoms with Crippen molar-refractivity contribution in [3.05, 3.63) is 78.5 Å². The Morgan fingerprint density at radius 1 is 1.03 bits per heavy atom. The molecule has 150 valence electrons. The summed E-state index contributed by atoms with van der Waals surface area (Å²) >= 11 is 0. The molecule has 0 unspecified atom stereocenters. The monoisotopic (exact) mass is 409 g/mol. The summed E-state index contributed by atoms with van der Waals surface area (Å²) in [5.74, 6) is 1.11. The molecule has 1 heterocycles. The van der Waals surface area contributed by atoms with Crippen molar-refractivity contribution in [1.29, 1.82) is 0 Å². The van der Waals surface area contributed by atoms with Gasteiger partial charge < -0.3 is 4.74 Å². The number of hydrogen-bond donors (Lipinski definition) is 1. The van der Waals surface area contributed by atoms with Crippen LogP contribution in [0, 0.1) is 0 Å². The van der Waals surface area contributed by atoms with Crippen LogP contribution in [0.3, 0.4) is 0 Å². The van der Waals surface area contributed by atoms with Gasteiger partial charge in [-0.05, 0) is 72.6 Å². The number of hydrogen-bond acceptors (Lipinski definition) is 5. The van der Waals surface area contributed by atoms with Crippen molar-refractivity contribution in [2.45, 2.75) is 24.7 Å². The van der Waals surface area contributed by atoms with Crippen molar-refractivity contribution < 1.29 is 13.2 Å². The maximum absolute atomic E-state index is 12.4. The van der Waals surface area contributed by atoms with Crippen LogP contribution in [0.15, 0.2) is 82.8 Å². The number of unbranched alkanes of at least 4 members (excludes halogenated alkanes) is 1. The number of anilines is 1. The van der Waals surface area contributed by atoms with E-state index in [0.717, 1.165) is 24.2 Å². The number of aromatic nitrogens is 1. The quantitative estimate of drug-likeness (QED) is 0.406. The van der Waals surface area contributed by atoms with Gasteiger partial charge in [0.05, 0.1) is 17.2 Å². The largest absolute Gasteiger partial charge is 0.494 e. The van der Waals surface area contributed by atoms with Crippen LogP contribution in [0.4, 0.5) is 11.5 Å². The number of rotatable bonds is 9. The van der Waals surface area contributed by atoms with Crippen LogP contribution in [-0.4, -0.2) is 26.2 Å². The van der Waals surface area contributed by atoms with E-state index in [4.69, 9.17) is 4.74 Å². The minimum Gasteiger partial charge on any atom is -0.494 e. The van der Waals surface area contributed by atoms with Gasteiger partial charge in [-0.15, -0.1) is 0 Å². The summed E-state index contributed by atoms with van der Waals surface area (Å²) in [5.41, 5.74) is 1.59. The number of nitrogens with one attached hydrogen (secondary N) is 1. The number of ether oxygens (including phenoxy) is 1. The first-order valence-corrected chi connectivity index (χ1v) is 10.9. The average Bonchev–Trinajstić information content (AvgIpc) is 2.74. The Kier molecular flexibility index (Phi) is 6.97. The molecule has 0 amide bonds. The topological polar surface area (TPSA) is 80.6 Å². The summed E-state index contributed by atoms with van der Waals surface area (Å²) in [6.45, 7) is 2.84. The maximum Gasteiger partial charge on any atom is 0.263 e. The fourth-order valence-corrected chi connectivity index (χ4v) is 3.47. The number of pyridine rings is 1. The molecule has 0 spiro atoms. The van der Waals surface area contributed by atoms with E-state index in [-0.39, 0.29) is 10.7 Å². The summed E-state index contributed by atoms with van der Waals surface area (Å²) in [5, 5.41) is 0. The smallest absolute Gasteiger partial charge is 0.263 e. The number of benzene rings is 2. The molecule has 1 aromatic heterocycles. The van der Waals surface area contributed by atoms with Gasteiger partial charge in [-0.2, -0.15) is 0 Å². The van der Waals surface area contributed by atoms with Crippen molar-refractivity contribution in [3.8, 4) is 5.75 Å². The van der Waals surface area contributed by atoms with Crippen LogP contribution in [0.1, 0.15) is 25.3 Å². The van der Waals surface area contributed by atoms with E-state index in [0.29, 0.717) is 12.3 Å². The molecule has 0 aliphatic heterocycles. The van der Waals surface area contributed by atoms with Gasteiger partial charge in [-0.1, -0.05) is 19.4 Å². The molecule has 0 radical (unpaired) electrons. The highest BCUT2D eigenvalue weighted by Gasteiger charge is 2.14. The van der Waals surface area contributed by atoms with Crippen molar-refractivity contribution in [2.24, 2.45) is 4.99 Å². The van der Waals surface area contributed by atoms with E-state index in [1.165, 1.54) is 18.3 Å². The zero-order chi connectivity index (χ0) is 20.5. The molecule has 0 saturated heterocycles. The summed E-state index contributed by atoms with van der Waals surface area (Å²) in [6, 6.07) is 19.1. The van der Waals surface area contributed by atoms with E-state index in [2.05, 4.69) is 21.6 Å². The molecular formula is C22H23N3O3S. The molecule has 0 saturated carbocycles. The van der Waals surface area contributed by atoms with E-state index < -0.39 is 10.0 Å². The molecule has 0 atom stereocenters. The molecule has 7 heteroatoms. The lowest BCUT2D eigenvalue weighted by molar-refractivity contribution is 0.309. The van der Waals surface area contributed by atoms with E-state index in [1.54, 1.807) is 36.5 Å². The van der Waals surface area contributed by atoms with Crippen molar-refractivity contribution in [1.82, 2.24) is 4.98 Å². The highest BCUT2D eigenvalue weighted by Crippen LogP contribution is 2.19. The van der Waals surface area contributed by atoms with Gasteiger partial charge in [0, 0.05) is 12.4 Å². The van der Waals surface area contributed by atoms with Crippen LogP contribution in [0.5, 0.6) is 5.75 Å². The first-order chi connectivity index (χ1) is 14.1. The van der Waals surface area contributed by atoms with Gasteiger partial charge >= 0.3 is 0 Å². The van der Waals surface area contributed by atoms with Gasteiger partial charge in [0.25, 0.3) is 10.0 Å². The molecule has 6 nitrogen and oxygen atoms in total. The fraction of sp³-hybridized carbons (Fsp3) is 0.182. The zero-order valence-electron chi connectivity index (χ0n) is 16.2. The first-order valence-electron chi connectivity index (χ1n) is 9.38. The average molecular weight is 410 g/mol. The molecular weight excluding hydrogens is 386 g/mol. The van der Waals surface area contributed by atoms with E-state index >= 15 is 0 Å². The Hall–Kier alpha value is -3.19. The van der Waals surface area contributed by atoms with Crippen LogP contribution >= 0.6 is 0 Å². The summed E-state index contributed by atoms with van der Waals surface area (Å²) < 4.78 is 32.9. The van der Waals surface area contributed by atoms with Crippen LogP contribution in [-0.2, 0) is 10.0 Å². The molecule has 3 rings (SSSR count). The van der Waals surface area contributed by atoms with Crippen LogP contribution < -0.4 is 9.46 Å².